The minimum atomic E-state index is -0.594. The van der Waals surface area contributed by atoms with Crippen LogP contribution in [-0.4, -0.2) is 24.9 Å². The van der Waals surface area contributed by atoms with Crippen LogP contribution in [-0.2, 0) is 16.0 Å². The van der Waals surface area contributed by atoms with Gasteiger partial charge in [-0.3, -0.25) is 9.59 Å². The highest BCUT2D eigenvalue weighted by Crippen LogP contribution is 2.19. The van der Waals surface area contributed by atoms with Gasteiger partial charge in [-0.05, 0) is 35.2 Å². The lowest BCUT2D eigenvalue weighted by molar-refractivity contribution is -0.119. The summed E-state index contributed by atoms with van der Waals surface area (Å²) in [5.41, 5.74) is 8.07. The molecule has 1 atom stereocenters. The number of likely N-dealkylation sites (N-methyl/N-ethyl adjacent to an activating group) is 1. The lowest BCUT2D eigenvalue weighted by Gasteiger charge is -2.25. The van der Waals surface area contributed by atoms with Gasteiger partial charge < -0.3 is 16.0 Å². The summed E-state index contributed by atoms with van der Waals surface area (Å²) in [6, 6.07) is 16.2. The first-order chi connectivity index (χ1) is 12.2. The molecule has 0 heterocycles. The number of carbonyl (C=O) groups excluding carboxylic acids is 2. The van der Waals surface area contributed by atoms with Crippen LogP contribution < -0.4 is 16.0 Å². The Balaban J connectivity index is 0.00000364. The first-order valence-corrected chi connectivity index (χ1v) is 8.65. The Kier molecular flexibility index (Phi) is 8.00. The molecule has 0 unspecified atom stereocenters. The van der Waals surface area contributed by atoms with Crippen LogP contribution in [0.5, 0.6) is 0 Å². The molecule has 2 rings (SSSR count). The quantitative estimate of drug-likeness (QED) is 0.819. The first kappa shape index (κ1) is 22.7. The van der Waals surface area contributed by atoms with Crippen LogP contribution in [0.1, 0.15) is 26.3 Å². The summed E-state index contributed by atoms with van der Waals surface area (Å²) in [6.07, 6.45) is 0.293. The number of nitrogens with one attached hydrogen (secondary N) is 1. The van der Waals surface area contributed by atoms with Crippen molar-refractivity contribution in [1.82, 2.24) is 0 Å². The fraction of sp³-hybridized carbons (Fsp3) is 0.333. The highest BCUT2D eigenvalue weighted by Gasteiger charge is 2.27. The highest BCUT2D eigenvalue weighted by atomic mass is 35.5. The second-order valence-corrected chi connectivity index (χ2v) is 7.49. The van der Waals surface area contributed by atoms with Crippen LogP contribution in [0.25, 0.3) is 0 Å². The van der Waals surface area contributed by atoms with Crippen molar-refractivity contribution in [3.8, 4) is 0 Å². The molecule has 0 aliphatic carbocycles. The lowest BCUT2D eigenvalue weighted by Crippen LogP contribution is -2.45. The third-order valence-corrected chi connectivity index (χ3v) is 4.31. The molecule has 0 saturated carbocycles. The molecule has 0 radical (unpaired) electrons. The summed E-state index contributed by atoms with van der Waals surface area (Å²) >= 11 is 0. The van der Waals surface area contributed by atoms with Crippen molar-refractivity contribution in [2.75, 3.05) is 17.3 Å². The van der Waals surface area contributed by atoms with Crippen LogP contribution in [0.2, 0.25) is 0 Å². The molecule has 2 aromatic carbocycles. The van der Waals surface area contributed by atoms with Crippen molar-refractivity contribution in [3.63, 3.8) is 0 Å². The maximum atomic E-state index is 12.4. The average molecular weight is 390 g/mol. The molecule has 0 bridgehead atoms. The smallest absolute Gasteiger partial charge is 0.241 e. The van der Waals surface area contributed by atoms with E-state index in [1.807, 2.05) is 63.2 Å². The Bertz CT molecular complexity index is 755. The number of para-hydroxylation sites is 1. The Hall–Kier alpha value is -2.37. The van der Waals surface area contributed by atoms with Crippen molar-refractivity contribution in [1.29, 1.82) is 0 Å². The van der Waals surface area contributed by atoms with Gasteiger partial charge in [-0.1, -0.05) is 51.1 Å². The van der Waals surface area contributed by atoms with E-state index in [0.717, 1.165) is 11.3 Å². The molecule has 2 amide bonds. The third-order valence-electron chi connectivity index (χ3n) is 4.31. The second-order valence-electron chi connectivity index (χ2n) is 7.49. The van der Waals surface area contributed by atoms with Crippen LogP contribution in [0.4, 0.5) is 11.4 Å². The maximum Gasteiger partial charge on any atom is 0.241 e. The molecule has 0 aromatic heterocycles. The number of carbonyl (C=O) groups is 2. The fourth-order valence-corrected chi connectivity index (χ4v) is 2.41. The molecule has 0 saturated heterocycles. The number of anilines is 2. The molecule has 0 spiro atoms. The van der Waals surface area contributed by atoms with E-state index in [4.69, 9.17) is 5.73 Å². The lowest BCUT2D eigenvalue weighted by atomic mass is 9.87. The van der Waals surface area contributed by atoms with Gasteiger partial charge in [-0.2, -0.15) is 0 Å². The number of rotatable bonds is 5. The van der Waals surface area contributed by atoms with E-state index in [9.17, 15) is 9.59 Å². The van der Waals surface area contributed by atoms with E-state index < -0.39 is 6.04 Å². The van der Waals surface area contributed by atoms with Gasteiger partial charge in [0.05, 0.1) is 12.5 Å². The normalized spacial score (nSPS) is 11.9. The van der Waals surface area contributed by atoms with Crippen molar-refractivity contribution in [2.45, 2.75) is 33.2 Å². The van der Waals surface area contributed by atoms with Gasteiger partial charge in [0.15, 0.2) is 0 Å². The van der Waals surface area contributed by atoms with Gasteiger partial charge in [-0.25, -0.2) is 0 Å². The Morgan fingerprint density at radius 1 is 1.04 bits per heavy atom. The van der Waals surface area contributed by atoms with E-state index in [2.05, 4.69) is 5.32 Å². The van der Waals surface area contributed by atoms with Gasteiger partial charge in [0.25, 0.3) is 0 Å². The molecule has 2 aromatic rings. The number of halogens is 1. The molecule has 3 N–H and O–H groups in total. The molecule has 5 nitrogen and oxygen atoms in total. The zero-order chi connectivity index (χ0) is 19.3. The van der Waals surface area contributed by atoms with Crippen LogP contribution in [0, 0.1) is 5.41 Å². The summed E-state index contributed by atoms with van der Waals surface area (Å²) in [7, 11) is 1.76. The van der Waals surface area contributed by atoms with Crippen LogP contribution in [0.15, 0.2) is 54.6 Å². The molecule has 0 fully saturated rings. The predicted molar refractivity (Wildman–Crippen MR) is 113 cm³/mol. The van der Waals surface area contributed by atoms with Crippen LogP contribution in [0.3, 0.4) is 0 Å². The minimum Gasteiger partial charge on any atom is -0.325 e. The standard InChI is InChI=1S/C21H27N3O2.ClH/c1-21(2,3)19(22)20(26)23-16-12-10-15(11-13-16)14-18(25)24(4)17-8-6-5-7-9-17;/h5-13,19H,14,22H2,1-4H3,(H,23,26);1H/t19-;/m1./s1. The number of nitrogens with two attached hydrogens (primary N) is 1. The number of benzene rings is 2. The van der Waals surface area contributed by atoms with E-state index in [-0.39, 0.29) is 29.6 Å². The molecule has 6 heteroatoms. The summed E-state index contributed by atoms with van der Waals surface area (Å²) in [5.74, 6) is -0.215. The molecule has 146 valence electrons. The summed E-state index contributed by atoms with van der Waals surface area (Å²) < 4.78 is 0. The summed E-state index contributed by atoms with van der Waals surface area (Å²) in [5, 5.41) is 2.82. The third kappa shape index (κ3) is 6.38. The number of hydrogen-bond donors (Lipinski definition) is 2. The first-order valence-electron chi connectivity index (χ1n) is 8.65. The predicted octanol–water partition coefficient (Wildman–Crippen LogP) is 3.63. The van der Waals surface area contributed by atoms with Crippen LogP contribution >= 0.6 is 12.4 Å². The average Bonchev–Trinajstić information content (AvgIpc) is 2.61. The van der Waals surface area contributed by atoms with Gasteiger partial charge in [-0.15, -0.1) is 12.4 Å². The summed E-state index contributed by atoms with van der Waals surface area (Å²) in [4.78, 5) is 26.2. The Morgan fingerprint density at radius 3 is 2.11 bits per heavy atom. The van der Waals surface area contributed by atoms with Gasteiger partial charge >= 0.3 is 0 Å². The Labute approximate surface area is 167 Å². The number of hydrogen-bond acceptors (Lipinski definition) is 3. The van der Waals surface area contributed by atoms with E-state index in [1.54, 1.807) is 24.1 Å². The molecule has 27 heavy (non-hydrogen) atoms. The van der Waals surface area contributed by atoms with Crippen molar-refractivity contribution in [3.05, 3.63) is 60.2 Å². The highest BCUT2D eigenvalue weighted by molar-refractivity contribution is 5.96. The maximum absolute atomic E-state index is 12.4. The van der Waals surface area contributed by atoms with Gasteiger partial charge in [0.1, 0.15) is 0 Å². The molecule has 0 aliphatic heterocycles. The zero-order valence-corrected chi connectivity index (χ0v) is 17.0. The second kappa shape index (κ2) is 9.53. The summed E-state index contributed by atoms with van der Waals surface area (Å²) in [6.45, 7) is 5.78. The number of amides is 2. The van der Waals surface area contributed by atoms with E-state index in [0.29, 0.717) is 12.1 Å². The largest absolute Gasteiger partial charge is 0.325 e. The van der Waals surface area contributed by atoms with Gasteiger partial charge in [0.2, 0.25) is 11.8 Å². The monoisotopic (exact) mass is 389 g/mol. The van der Waals surface area contributed by atoms with Crippen molar-refractivity contribution < 1.29 is 9.59 Å². The van der Waals surface area contributed by atoms with Crippen molar-refractivity contribution in [2.24, 2.45) is 11.1 Å². The van der Waals surface area contributed by atoms with E-state index in [1.165, 1.54) is 0 Å². The zero-order valence-electron chi connectivity index (χ0n) is 16.2. The fourth-order valence-electron chi connectivity index (χ4n) is 2.41. The van der Waals surface area contributed by atoms with E-state index >= 15 is 0 Å². The minimum absolute atomic E-state index is 0. The molecular weight excluding hydrogens is 362 g/mol. The molecule has 0 aliphatic rings. The Morgan fingerprint density at radius 2 is 1.59 bits per heavy atom. The number of nitrogens with zero attached hydrogens (tertiary/aromatic N) is 1. The van der Waals surface area contributed by atoms with Crippen molar-refractivity contribution >= 4 is 35.6 Å². The topological polar surface area (TPSA) is 75.4 Å². The molecular formula is C21H28ClN3O2. The SMILES string of the molecule is CN(C(=O)Cc1ccc(NC(=O)[C@@H](N)C(C)(C)C)cc1)c1ccccc1.Cl. The van der Waals surface area contributed by atoms with Gasteiger partial charge in [0, 0.05) is 18.4 Å².